The number of anilines is 3. The first-order valence-corrected chi connectivity index (χ1v) is 8.59. The third-order valence-corrected chi connectivity index (χ3v) is 3.76. The number of para-hydroxylation sites is 1. The fourth-order valence-corrected chi connectivity index (χ4v) is 2.44. The Morgan fingerprint density at radius 2 is 1.83 bits per heavy atom. The lowest BCUT2D eigenvalue weighted by Gasteiger charge is -2.11. The lowest BCUT2D eigenvalue weighted by atomic mass is 10.2. The molecular weight excluding hydrogens is 382 g/mol. The summed E-state index contributed by atoms with van der Waals surface area (Å²) in [6.07, 6.45) is 1.14. The van der Waals surface area contributed by atoms with Gasteiger partial charge in [-0.15, -0.1) is 0 Å². The molecule has 1 heterocycles. The Balaban J connectivity index is 1.80. The molecule has 0 saturated heterocycles. The molecule has 9 heteroatoms. The number of amides is 1. The lowest BCUT2D eigenvalue weighted by molar-refractivity contribution is 0.0527. The number of carbonyl (C=O) groups is 2. The van der Waals surface area contributed by atoms with E-state index in [9.17, 15) is 18.4 Å². The van der Waals surface area contributed by atoms with Crippen molar-refractivity contribution in [3.8, 4) is 0 Å². The molecule has 0 atom stereocenters. The van der Waals surface area contributed by atoms with E-state index in [1.807, 2.05) is 0 Å². The van der Waals surface area contributed by atoms with Crippen LogP contribution in [0.2, 0.25) is 0 Å². The van der Waals surface area contributed by atoms with Crippen LogP contribution in [0.1, 0.15) is 27.8 Å². The maximum absolute atomic E-state index is 13.7. The fourth-order valence-electron chi connectivity index (χ4n) is 2.44. The summed E-state index contributed by atoms with van der Waals surface area (Å²) in [5.74, 6) is -2.64. The van der Waals surface area contributed by atoms with Gasteiger partial charge in [0.2, 0.25) is 0 Å². The number of hydrogen-bond donors (Lipinski definition) is 2. The number of hydrogen-bond acceptors (Lipinski definition) is 6. The lowest BCUT2D eigenvalue weighted by Crippen LogP contribution is -2.15. The van der Waals surface area contributed by atoms with Gasteiger partial charge in [-0.25, -0.2) is 23.5 Å². The molecule has 148 valence electrons. The number of nitrogens with one attached hydrogen (secondary N) is 2. The Bertz CT molecular complexity index is 1060. The van der Waals surface area contributed by atoms with Crippen molar-refractivity contribution in [2.45, 2.75) is 6.92 Å². The van der Waals surface area contributed by atoms with Gasteiger partial charge in [0.1, 0.15) is 29.5 Å². The van der Waals surface area contributed by atoms with Gasteiger partial charge in [0.15, 0.2) is 0 Å². The van der Waals surface area contributed by atoms with Gasteiger partial charge in [0.25, 0.3) is 5.91 Å². The third kappa shape index (κ3) is 4.89. The van der Waals surface area contributed by atoms with E-state index in [4.69, 9.17) is 4.74 Å². The molecule has 7 nitrogen and oxygen atoms in total. The Morgan fingerprint density at radius 3 is 2.59 bits per heavy atom. The zero-order valence-electron chi connectivity index (χ0n) is 15.3. The highest BCUT2D eigenvalue weighted by Gasteiger charge is 2.15. The second kappa shape index (κ2) is 8.87. The van der Waals surface area contributed by atoms with Crippen molar-refractivity contribution in [2.75, 3.05) is 17.2 Å². The predicted molar refractivity (Wildman–Crippen MR) is 102 cm³/mol. The molecule has 0 bridgehead atoms. The molecule has 0 saturated carbocycles. The number of nitrogens with zero attached hydrogens (tertiary/aromatic N) is 2. The first-order valence-electron chi connectivity index (χ1n) is 8.59. The van der Waals surface area contributed by atoms with Crippen LogP contribution in [0.15, 0.2) is 54.9 Å². The summed E-state index contributed by atoms with van der Waals surface area (Å²) in [4.78, 5) is 32.3. The van der Waals surface area contributed by atoms with Gasteiger partial charge >= 0.3 is 5.97 Å². The zero-order valence-corrected chi connectivity index (χ0v) is 15.3. The Labute approximate surface area is 164 Å². The molecular formula is C20H16F2N4O3. The summed E-state index contributed by atoms with van der Waals surface area (Å²) in [6, 6.07) is 10.8. The molecule has 0 aliphatic heterocycles. The smallest absolute Gasteiger partial charge is 0.340 e. The van der Waals surface area contributed by atoms with Crippen molar-refractivity contribution in [3.63, 3.8) is 0 Å². The van der Waals surface area contributed by atoms with E-state index in [1.165, 1.54) is 6.07 Å². The van der Waals surface area contributed by atoms with Crippen LogP contribution in [0.5, 0.6) is 0 Å². The van der Waals surface area contributed by atoms with Crippen LogP contribution >= 0.6 is 0 Å². The van der Waals surface area contributed by atoms with Gasteiger partial charge in [-0.05, 0) is 31.2 Å². The van der Waals surface area contributed by atoms with Gasteiger partial charge < -0.3 is 15.4 Å². The van der Waals surface area contributed by atoms with Gasteiger partial charge in [-0.2, -0.15) is 0 Å². The number of carbonyl (C=O) groups excluding carboxylic acids is 2. The number of aromatic nitrogens is 2. The van der Waals surface area contributed by atoms with Crippen LogP contribution in [-0.2, 0) is 4.74 Å². The van der Waals surface area contributed by atoms with E-state index >= 15 is 0 Å². The molecule has 0 spiro atoms. The average molecular weight is 398 g/mol. The van der Waals surface area contributed by atoms with Gasteiger partial charge in [-0.3, -0.25) is 4.79 Å². The number of ether oxygens (including phenoxy) is 1. The second-order valence-electron chi connectivity index (χ2n) is 5.76. The minimum atomic E-state index is -0.908. The van der Waals surface area contributed by atoms with Crippen LogP contribution in [-0.4, -0.2) is 28.5 Å². The summed E-state index contributed by atoms with van der Waals surface area (Å²) in [5, 5.41) is 5.25. The summed E-state index contributed by atoms with van der Waals surface area (Å²) < 4.78 is 31.7. The van der Waals surface area contributed by atoms with Crippen LogP contribution in [0.4, 0.5) is 26.0 Å². The predicted octanol–water partition coefficient (Wildman–Crippen LogP) is 3.93. The standard InChI is InChI=1S/C20H16F2N4O3/c1-2-29-20(28)13-5-3-4-6-15(13)25-18-10-17(23-11-24-18)19(27)26-16-8-7-12(21)9-14(16)22/h3-11H,2H2,1H3,(H,26,27)(H,23,24,25). The zero-order chi connectivity index (χ0) is 20.8. The molecule has 1 amide bonds. The molecule has 2 N–H and O–H groups in total. The van der Waals surface area contributed by atoms with Crippen LogP contribution in [0.3, 0.4) is 0 Å². The SMILES string of the molecule is CCOC(=O)c1ccccc1Nc1cc(C(=O)Nc2ccc(F)cc2F)ncn1. The monoisotopic (exact) mass is 398 g/mol. The number of esters is 1. The van der Waals surface area contributed by atoms with Crippen LogP contribution < -0.4 is 10.6 Å². The highest BCUT2D eigenvalue weighted by Crippen LogP contribution is 2.21. The van der Waals surface area contributed by atoms with Gasteiger partial charge in [0.05, 0.1) is 23.5 Å². The highest BCUT2D eigenvalue weighted by molar-refractivity contribution is 6.03. The molecule has 2 aromatic carbocycles. The maximum atomic E-state index is 13.7. The first kappa shape index (κ1) is 19.9. The van der Waals surface area contributed by atoms with Crippen LogP contribution in [0.25, 0.3) is 0 Å². The van der Waals surface area contributed by atoms with Crippen molar-refractivity contribution in [2.24, 2.45) is 0 Å². The minimum Gasteiger partial charge on any atom is -0.462 e. The molecule has 0 unspecified atom stereocenters. The fraction of sp³-hybridized carbons (Fsp3) is 0.100. The summed E-state index contributed by atoms with van der Waals surface area (Å²) in [5.41, 5.74) is 0.491. The molecule has 1 aromatic heterocycles. The van der Waals surface area contributed by atoms with Gasteiger partial charge in [0, 0.05) is 12.1 Å². The van der Waals surface area contributed by atoms with Crippen molar-refractivity contribution in [1.29, 1.82) is 0 Å². The Morgan fingerprint density at radius 1 is 1.03 bits per heavy atom. The normalized spacial score (nSPS) is 10.3. The van der Waals surface area contributed by atoms with Crippen molar-refractivity contribution in [3.05, 3.63) is 77.8 Å². The molecule has 3 rings (SSSR count). The number of benzene rings is 2. The molecule has 0 aliphatic rings. The third-order valence-electron chi connectivity index (χ3n) is 3.76. The Kier molecular flexibility index (Phi) is 6.08. The van der Waals surface area contributed by atoms with Crippen molar-refractivity contribution < 1.29 is 23.1 Å². The van der Waals surface area contributed by atoms with E-state index in [0.717, 1.165) is 18.5 Å². The van der Waals surface area contributed by atoms with E-state index < -0.39 is 23.5 Å². The van der Waals surface area contributed by atoms with Crippen molar-refractivity contribution in [1.82, 2.24) is 9.97 Å². The maximum Gasteiger partial charge on any atom is 0.340 e. The van der Waals surface area contributed by atoms with E-state index in [-0.39, 0.29) is 23.8 Å². The molecule has 3 aromatic rings. The minimum absolute atomic E-state index is 0.0557. The number of rotatable bonds is 6. The van der Waals surface area contributed by atoms with Crippen molar-refractivity contribution >= 4 is 29.1 Å². The van der Waals surface area contributed by atoms with Gasteiger partial charge in [-0.1, -0.05) is 12.1 Å². The molecule has 29 heavy (non-hydrogen) atoms. The van der Waals surface area contributed by atoms with E-state index in [1.54, 1.807) is 31.2 Å². The summed E-state index contributed by atoms with van der Waals surface area (Å²) in [6.45, 7) is 1.93. The first-order chi connectivity index (χ1) is 14.0. The molecule has 0 aliphatic carbocycles. The average Bonchev–Trinajstić information content (AvgIpc) is 2.71. The second-order valence-corrected chi connectivity index (χ2v) is 5.76. The topological polar surface area (TPSA) is 93.2 Å². The molecule has 0 fully saturated rings. The van der Waals surface area contributed by atoms with E-state index in [2.05, 4.69) is 20.6 Å². The summed E-state index contributed by atoms with van der Waals surface area (Å²) >= 11 is 0. The van der Waals surface area contributed by atoms with E-state index in [0.29, 0.717) is 17.3 Å². The largest absolute Gasteiger partial charge is 0.462 e. The Hall–Kier alpha value is -3.88. The summed E-state index contributed by atoms with van der Waals surface area (Å²) in [7, 11) is 0. The highest BCUT2D eigenvalue weighted by atomic mass is 19.1. The van der Waals surface area contributed by atoms with Crippen LogP contribution in [0, 0.1) is 11.6 Å². The number of halogens is 2. The quantitative estimate of drug-likeness (QED) is 0.611. The molecule has 0 radical (unpaired) electrons.